The second-order valence-electron chi connectivity index (χ2n) is 20.3. The van der Waals surface area contributed by atoms with Crippen LogP contribution in [0.3, 0.4) is 0 Å². The molecule has 16 heteroatoms. The molecule has 4 bridgehead atoms. The highest BCUT2D eigenvalue weighted by molar-refractivity contribution is 7.41. The standard InChI is InChI=1S/C51H79N2O13P/c1-29-15-12-11-13-16-30(2)41(62-7)27-36-20-18-34(6)51(60,66-36)48(57)49(58)53-22-14-17-37-38(25-35-19-21-39(52-67(10)61)43(26-35)63-8)42(65-50(59)44(37)53)28-40(54)31(3)24-33(5)46(56)47(64-9)45(55)32(4)23-29/h11-13,15-16,24,29,31-32,34-39,41-44,46-47,56,60,67H,14,17-23,25-28H2,1-10H3,(H,52,61)/b13-11+,15-12+,30-16+,33-24+/t29-,31?,32?,34?,35?,36+,37?,38+,39?,41+,42+,43?,44?,46?,47+,51?/m1/s1. The fourth-order valence-electron chi connectivity index (χ4n) is 11.4. The summed E-state index contributed by atoms with van der Waals surface area (Å²) in [7, 11) is 2.62. The van der Waals surface area contributed by atoms with Crippen molar-refractivity contribution in [1.82, 2.24) is 9.99 Å². The van der Waals surface area contributed by atoms with Gasteiger partial charge in [0.1, 0.15) is 38.1 Å². The highest BCUT2D eigenvalue weighted by Gasteiger charge is 2.57. The van der Waals surface area contributed by atoms with E-state index in [9.17, 15) is 38.8 Å². The summed E-state index contributed by atoms with van der Waals surface area (Å²) in [6, 6.07) is -1.22. The third kappa shape index (κ3) is 13.4. The van der Waals surface area contributed by atoms with E-state index < -0.39 is 97.5 Å². The molecule has 5 rings (SSSR count). The van der Waals surface area contributed by atoms with Gasteiger partial charge in [-0.2, -0.15) is 0 Å². The quantitative estimate of drug-likeness (QED) is 0.114. The molecule has 3 N–H and O–H groups in total. The number of rotatable bonds is 7. The van der Waals surface area contributed by atoms with Gasteiger partial charge in [0.25, 0.3) is 11.7 Å². The van der Waals surface area contributed by atoms with Crippen LogP contribution in [0.2, 0.25) is 0 Å². The van der Waals surface area contributed by atoms with Gasteiger partial charge in [0.2, 0.25) is 5.79 Å². The lowest BCUT2D eigenvalue weighted by atomic mass is 9.67. The average Bonchev–Trinajstić information content (AvgIpc) is 3.29. The molecule has 17 atom stereocenters. The van der Waals surface area contributed by atoms with Gasteiger partial charge in [-0.1, -0.05) is 64.2 Å². The number of hydrogen-bond acceptors (Lipinski definition) is 13. The first-order chi connectivity index (χ1) is 31.7. The van der Waals surface area contributed by atoms with Crippen LogP contribution in [0.15, 0.2) is 47.6 Å². The van der Waals surface area contributed by atoms with Crippen LogP contribution >= 0.6 is 7.95 Å². The minimum atomic E-state index is -2.44. The van der Waals surface area contributed by atoms with Gasteiger partial charge < -0.3 is 43.4 Å². The Morgan fingerprint density at radius 3 is 2.30 bits per heavy atom. The maximum Gasteiger partial charge on any atom is 0.329 e. The Morgan fingerprint density at radius 2 is 1.63 bits per heavy atom. The van der Waals surface area contributed by atoms with Crippen LogP contribution in [0.1, 0.15) is 112 Å². The number of fused-ring (bicyclic) bond motifs is 4. The summed E-state index contributed by atoms with van der Waals surface area (Å²) < 4.78 is 42.0. The summed E-state index contributed by atoms with van der Waals surface area (Å²) in [5.74, 6) is -8.43. The van der Waals surface area contributed by atoms with Crippen LogP contribution < -0.4 is 5.09 Å². The molecule has 0 aromatic rings. The van der Waals surface area contributed by atoms with E-state index in [2.05, 4.69) is 5.09 Å². The molecule has 0 aromatic carbocycles. The van der Waals surface area contributed by atoms with Crippen molar-refractivity contribution in [3.8, 4) is 0 Å². The number of nitrogens with zero attached hydrogens (tertiary/aromatic N) is 1. The van der Waals surface area contributed by atoms with E-state index >= 15 is 0 Å². The van der Waals surface area contributed by atoms with Gasteiger partial charge in [-0.3, -0.25) is 24.3 Å². The second-order valence-corrected chi connectivity index (χ2v) is 21.7. The predicted molar refractivity (Wildman–Crippen MR) is 254 cm³/mol. The number of amides is 1. The number of aliphatic hydroxyl groups is 2. The number of ether oxygens (including phenoxy) is 5. The normalized spacial score (nSPS) is 42.2. The maximum absolute atomic E-state index is 14.5. The first-order valence-electron chi connectivity index (χ1n) is 24.5. The summed E-state index contributed by atoms with van der Waals surface area (Å²) in [5, 5.41) is 26.7. The highest BCUT2D eigenvalue weighted by atomic mass is 31.1. The Bertz CT molecular complexity index is 1920. The Balaban J connectivity index is 1.51. The molecule has 376 valence electrons. The van der Waals surface area contributed by atoms with Crippen LogP contribution in [-0.2, 0) is 52.2 Å². The number of ketones is 3. The number of hydrogen-bond donors (Lipinski definition) is 3. The van der Waals surface area contributed by atoms with Gasteiger partial charge in [0.15, 0.2) is 5.78 Å². The topological polar surface area (TPSA) is 204 Å². The van der Waals surface area contributed by atoms with Gasteiger partial charge >= 0.3 is 5.97 Å². The van der Waals surface area contributed by atoms with Crippen molar-refractivity contribution >= 4 is 37.2 Å². The van der Waals surface area contributed by atoms with Crippen molar-refractivity contribution in [3.63, 3.8) is 0 Å². The van der Waals surface area contributed by atoms with E-state index in [0.29, 0.717) is 63.4 Å². The van der Waals surface area contributed by atoms with Crippen molar-refractivity contribution in [2.75, 3.05) is 34.5 Å². The summed E-state index contributed by atoms with van der Waals surface area (Å²) in [6.45, 7) is 12.5. The molecule has 15 nitrogen and oxygen atoms in total. The van der Waals surface area contributed by atoms with Crippen LogP contribution in [0.5, 0.6) is 0 Å². The van der Waals surface area contributed by atoms with Crippen molar-refractivity contribution in [3.05, 3.63) is 47.6 Å². The van der Waals surface area contributed by atoms with Gasteiger partial charge in [-0.05, 0) is 107 Å². The third-order valence-corrected chi connectivity index (χ3v) is 16.1. The molecule has 5 aliphatic rings. The van der Waals surface area contributed by atoms with Crippen molar-refractivity contribution in [2.45, 2.75) is 167 Å². The molecule has 4 heterocycles. The fraction of sp³-hybridized carbons (Fsp3) is 0.745. The van der Waals surface area contributed by atoms with E-state index in [1.165, 1.54) is 12.0 Å². The highest BCUT2D eigenvalue weighted by Crippen LogP contribution is 2.45. The molecule has 1 amide bonds. The lowest BCUT2D eigenvalue weighted by Gasteiger charge is -2.50. The van der Waals surface area contributed by atoms with Crippen LogP contribution in [0.25, 0.3) is 0 Å². The molecule has 0 spiro atoms. The van der Waals surface area contributed by atoms with E-state index in [1.807, 2.05) is 51.2 Å². The second kappa shape index (κ2) is 24.6. The van der Waals surface area contributed by atoms with Crippen molar-refractivity contribution < 1.29 is 62.4 Å². The SMILES string of the molecule is COC1CC(C[C@H]2C3CCCN4C(=O)C(=O)C5(O)O[C@@H](CCC5C)C[C@H](OC)/C(C)=C/C=C/C=C/[C@@H](C)CC(C)C(=O)[C@H](OC)C(O)/C(C)=C/C(C)C(=O)C[C@@H]2OC(=O)C34)CCC1N[PH](C)=O. The summed E-state index contributed by atoms with van der Waals surface area (Å²) in [4.78, 5) is 72.5. The Morgan fingerprint density at radius 1 is 0.896 bits per heavy atom. The largest absolute Gasteiger partial charge is 0.460 e. The molecular formula is C51H79N2O13P. The number of aliphatic hydroxyl groups excluding tert-OH is 1. The predicted octanol–water partition coefficient (Wildman–Crippen LogP) is 6.10. The zero-order chi connectivity index (χ0) is 49.3. The number of methoxy groups -OCH3 is 3. The average molecular weight is 959 g/mol. The van der Waals surface area contributed by atoms with Crippen LogP contribution in [0.4, 0.5) is 0 Å². The van der Waals surface area contributed by atoms with Crippen molar-refractivity contribution in [2.24, 2.45) is 41.4 Å². The molecule has 0 aromatic heterocycles. The molecule has 11 unspecified atom stereocenters. The summed E-state index contributed by atoms with van der Waals surface area (Å²) in [6.07, 6.45) is 11.9. The lowest BCUT2D eigenvalue weighted by molar-refractivity contribution is -0.266. The Labute approximate surface area is 398 Å². The Kier molecular flexibility index (Phi) is 20.1. The summed E-state index contributed by atoms with van der Waals surface area (Å²) in [5.41, 5.74) is 1.28. The number of allylic oxidation sites excluding steroid dienone is 6. The zero-order valence-corrected chi connectivity index (χ0v) is 42.4. The van der Waals surface area contributed by atoms with E-state index in [-0.39, 0.29) is 48.5 Å². The van der Waals surface area contributed by atoms with Gasteiger partial charge in [-0.25, -0.2) is 4.79 Å². The molecule has 3 saturated heterocycles. The summed E-state index contributed by atoms with van der Waals surface area (Å²) >= 11 is 0. The van der Waals surface area contributed by atoms with E-state index in [0.717, 1.165) is 12.0 Å². The first kappa shape index (κ1) is 54.8. The molecule has 0 radical (unpaired) electrons. The fourth-order valence-corrected chi connectivity index (χ4v) is 12.2. The van der Waals surface area contributed by atoms with Crippen LogP contribution in [-0.4, -0.2) is 133 Å². The Hall–Kier alpha value is -3.14. The van der Waals surface area contributed by atoms with E-state index in [1.54, 1.807) is 47.7 Å². The lowest BCUT2D eigenvalue weighted by Crippen LogP contribution is -2.65. The van der Waals surface area contributed by atoms with Crippen molar-refractivity contribution in [1.29, 1.82) is 0 Å². The minimum Gasteiger partial charge on any atom is -0.460 e. The van der Waals surface area contributed by atoms with Gasteiger partial charge in [0, 0.05) is 70.4 Å². The number of carbonyl (C=O) groups is 5. The third-order valence-electron chi connectivity index (χ3n) is 15.3. The monoisotopic (exact) mass is 959 g/mol. The first-order valence-corrected chi connectivity index (χ1v) is 26.4. The molecule has 1 saturated carbocycles. The number of carbonyl (C=O) groups excluding carboxylic acids is 5. The molecular weight excluding hydrogens is 880 g/mol. The molecule has 4 aliphatic heterocycles. The smallest absolute Gasteiger partial charge is 0.329 e. The maximum atomic E-state index is 14.5. The van der Waals surface area contributed by atoms with E-state index in [4.69, 9.17) is 23.7 Å². The minimum absolute atomic E-state index is 0.0195. The number of piperidine rings is 1. The molecule has 67 heavy (non-hydrogen) atoms. The number of Topliss-reactive ketones (excluding diaryl/α,β-unsaturated/α-hetero) is 3. The van der Waals surface area contributed by atoms with Gasteiger partial charge in [0.05, 0.1) is 18.3 Å². The van der Waals surface area contributed by atoms with Gasteiger partial charge in [-0.15, -0.1) is 0 Å². The zero-order valence-electron chi connectivity index (χ0n) is 41.4. The molecule has 1 aliphatic carbocycles. The number of nitrogens with one attached hydrogen (secondary N) is 1. The van der Waals surface area contributed by atoms with Crippen LogP contribution in [0, 0.1) is 41.4 Å². The molecule has 4 fully saturated rings. The number of esters is 1.